The molecular formula is C16H21F3N2O2. The van der Waals surface area contributed by atoms with Crippen LogP contribution in [0.1, 0.15) is 22.3 Å². The van der Waals surface area contributed by atoms with Gasteiger partial charge in [0.25, 0.3) is 5.91 Å². The number of nitrogens with one attached hydrogen (secondary N) is 1. The van der Waals surface area contributed by atoms with Gasteiger partial charge in [-0.25, -0.2) is 0 Å². The van der Waals surface area contributed by atoms with E-state index in [1.807, 2.05) is 0 Å². The molecular weight excluding hydrogens is 309 g/mol. The fourth-order valence-corrected chi connectivity index (χ4v) is 2.76. The van der Waals surface area contributed by atoms with Crippen molar-refractivity contribution in [3.63, 3.8) is 0 Å². The molecule has 1 aromatic carbocycles. The number of methoxy groups -OCH3 is 1. The number of nitrogens with zero attached hydrogens (tertiary/aromatic N) is 1. The summed E-state index contributed by atoms with van der Waals surface area (Å²) in [7, 11) is 1.64. The molecule has 1 aromatic rings. The van der Waals surface area contributed by atoms with E-state index in [4.69, 9.17) is 4.74 Å². The number of hydrogen-bond acceptors (Lipinski definition) is 3. The number of rotatable bonds is 6. The van der Waals surface area contributed by atoms with Crippen LogP contribution in [-0.2, 0) is 10.9 Å². The zero-order valence-corrected chi connectivity index (χ0v) is 13.0. The topological polar surface area (TPSA) is 41.6 Å². The highest BCUT2D eigenvalue weighted by Gasteiger charge is 2.35. The molecule has 0 radical (unpaired) electrons. The number of halogens is 3. The van der Waals surface area contributed by atoms with Crippen LogP contribution in [0, 0.1) is 5.92 Å². The van der Waals surface area contributed by atoms with E-state index in [0.717, 1.165) is 32.1 Å². The second-order valence-electron chi connectivity index (χ2n) is 5.70. The first-order valence-electron chi connectivity index (χ1n) is 7.57. The van der Waals surface area contributed by atoms with Gasteiger partial charge in [0.05, 0.1) is 17.7 Å². The lowest BCUT2D eigenvalue weighted by molar-refractivity contribution is -0.137. The molecule has 1 aliphatic heterocycles. The summed E-state index contributed by atoms with van der Waals surface area (Å²) in [5.41, 5.74) is -1.22. The molecule has 0 saturated carbocycles. The lowest BCUT2D eigenvalue weighted by atomic mass is 10.1. The molecule has 1 N–H and O–H groups in total. The SMILES string of the molecule is COCCN1CCC(CNC(=O)c2ccccc2C(F)(F)F)C1. The largest absolute Gasteiger partial charge is 0.417 e. The zero-order chi connectivity index (χ0) is 16.9. The molecule has 1 unspecified atom stereocenters. The number of benzene rings is 1. The summed E-state index contributed by atoms with van der Waals surface area (Å²) >= 11 is 0. The second-order valence-corrected chi connectivity index (χ2v) is 5.70. The molecule has 0 bridgehead atoms. The third-order valence-electron chi connectivity index (χ3n) is 4.01. The van der Waals surface area contributed by atoms with Crippen molar-refractivity contribution in [1.29, 1.82) is 0 Å². The van der Waals surface area contributed by atoms with Crippen LogP contribution in [0.15, 0.2) is 24.3 Å². The Kier molecular flexibility index (Phi) is 6.01. The standard InChI is InChI=1S/C16H21F3N2O2/c1-23-9-8-21-7-6-12(11-21)10-20-15(22)13-4-2-3-5-14(13)16(17,18)19/h2-5,12H,6-11H2,1H3,(H,20,22). The van der Waals surface area contributed by atoms with Crippen molar-refractivity contribution in [2.75, 3.05) is 39.9 Å². The van der Waals surface area contributed by atoms with Gasteiger partial charge >= 0.3 is 6.18 Å². The van der Waals surface area contributed by atoms with Crippen LogP contribution in [0.4, 0.5) is 13.2 Å². The molecule has 128 valence electrons. The summed E-state index contributed by atoms with van der Waals surface area (Å²) in [6.07, 6.45) is -3.61. The first-order chi connectivity index (χ1) is 10.9. The summed E-state index contributed by atoms with van der Waals surface area (Å²) in [6, 6.07) is 4.85. The van der Waals surface area contributed by atoms with E-state index in [-0.39, 0.29) is 11.5 Å². The maximum absolute atomic E-state index is 12.9. The van der Waals surface area contributed by atoms with E-state index in [1.54, 1.807) is 7.11 Å². The van der Waals surface area contributed by atoms with Gasteiger partial charge < -0.3 is 15.0 Å². The summed E-state index contributed by atoms with van der Waals surface area (Å²) in [6.45, 7) is 3.61. The lowest BCUT2D eigenvalue weighted by Gasteiger charge is -2.16. The molecule has 1 saturated heterocycles. The minimum Gasteiger partial charge on any atom is -0.383 e. The Morgan fingerprint density at radius 3 is 2.83 bits per heavy atom. The number of ether oxygens (including phenoxy) is 1. The van der Waals surface area contributed by atoms with Gasteiger partial charge in [-0.1, -0.05) is 12.1 Å². The fourth-order valence-electron chi connectivity index (χ4n) is 2.76. The molecule has 1 atom stereocenters. The van der Waals surface area contributed by atoms with Gasteiger partial charge in [0.2, 0.25) is 0 Å². The molecule has 0 aromatic heterocycles. The summed E-state index contributed by atoms with van der Waals surface area (Å²) < 4.78 is 43.8. The predicted octanol–water partition coefficient (Wildman–Crippen LogP) is 2.40. The van der Waals surface area contributed by atoms with Crippen LogP contribution in [0.2, 0.25) is 0 Å². The Morgan fingerprint density at radius 1 is 1.39 bits per heavy atom. The van der Waals surface area contributed by atoms with E-state index < -0.39 is 17.6 Å². The number of carbonyl (C=O) groups is 1. The highest BCUT2D eigenvalue weighted by molar-refractivity contribution is 5.95. The van der Waals surface area contributed by atoms with Gasteiger partial charge in [-0.05, 0) is 31.0 Å². The van der Waals surface area contributed by atoms with Gasteiger partial charge in [-0.2, -0.15) is 13.2 Å². The number of alkyl halides is 3. The average Bonchev–Trinajstić information content (AvgIpc) is 2.97. The Balaban J connectivity index is 1.89. The van der Waals surface area contributed by atoms with Crippen molar-refractivity contribution in [1.82, 2.24) is 10.2 Å². The Bertz CT molecular complexity index is 534. The number of likely N-dealkylation sites (tertiary alicyclic amines) is 1. The Morgan fingerprint density at radius 2 is 2.13 bits per heavy atom. The van der Waals surface area contributed by atoms with Crippen LogP contribution in [0.25, 0.3) is 0 Å². The van der Waals surface area contributed by atoms with Crippen LogP contribution >= 0.6 is 0 Å². The van der Waals surface area contributed by atoms with Crippen LogP contribution in [-0.4, -0.2) is 50.7 Å². The Hall–Kier alpha value is -1.60. The lowest BCUT2D eigenvalue weighted by Crippen LogP contribution is -2.32. The van der Waals surface area contributed by atoms with Crippen molar-refractivity contribution in [3.05, 3.63) is 35.4 Å². The zero-order valence-electron chi connectivity index (χ0n) is 13.0. The average molecular weight is 330 g/mol. The molecule has 23 heavy (non-hydrogen) atoms. The van der Waals surface area contributed by atoms with E-state index in [9.17, 15) is 18.0 Å². The Labute approximate surface area is 133 Å². The van der Waals surface area contributed by atoms with Crippen molar-refractivity contribution < 1.29 is 22.7 Å². The van der Waals surface area contributed by atoms with Crippen molar-refractivity contribution in [2.24, 2.45) is 5.92 Å². The normalized spacial score (nSPS) is 19.0. The van der Waals surface area contributed by atoms with Gasteiger partial charge in [0.15, 0.2) is 0 Å². The van der Waals surface area contributed by atoms with Gasteiger partial charge in [-0.15, -0.1) is 0 Å². The third-order valence-corrected chi connectivity index (χ3v) is 4.01. The smallest absolute Gasteiger partial charge is 0.383 e. The summed E-state index contributed by atoms with van der Waals surface area (Å²) in [5, 5.41) is 2.63. The molecule has 1 aliphatic rings. The monoisotopic (exact) mass is 330 g/mol. The minimum absolute atomic E-state index is 0.258. The maximum atomic E-state index is 12.9. The molecule has 2 rings (SSSR count). The van der Waals surface area contributed by atoms with Crippen molar-refractivity contribution in [3.8, 4) is 0 Å². The molecule has 1 fully saturated rings. The first-order valence-corrected chi connectivity index (χ1v) is 7.57. The van der Waals surface area contributed by atoms with Gasteiger partial charge in [0.1, 0.15) is 0 Å². The summed E-state index contributed by atoms with van der Waals surface area (Å²) in [5.74, 6) is -0.415. The molecule has 0 aliphatic carbocycles. The quantitative estimate of drug-likeness (QED) is 0.871. The van der Waals surface area contributed by atoms with Crippen molar-refractivity contribution in [2.45, 2.75) is 12.6 Å². The van der Waals surface area contributed by atoms with Crippen LogP contribution in [0.3, 0.4) is 0 Å². The van der Waals surface area contributed by atoms with E-state index in [0.29, 0.717) is 13.2 Å². The molecule has 1 amide bonds. The number of amides is 1. The van der Waals surface area contributed by atoms with Crippen LogP contribution < -0.4 is 5.32 Å². The number of carbonyl (C=O) groups excluding carboxylic acids is 1. The van der Waals surface area contributed by atoms with Crippen molar-refractivity contribution >= 4 is 5.91 Å². The predicted molar refractivity (Wildman–Crippen MR) is 80.2 cm³/mol. The number of hydrogen-bond donors (Lipinski definition) is 1. The van der Waals surface area contributed by atoms with E-state index in [1.165, 1.54) is 18.2 Å². The maximum Gasteiger partial charge on any atom is 0.417 e. The first kappa shape index (κ1) is 17.7. The van der Waals surface area contributed by atoms with Crippen LogP contribution in [0.5, 0.6) is 0 Å². The second kappa shape index (κ2) is 7.79. The molecule has 7 heteroatoms. The van der Waals surface area contributed by atoms with E-state index in [2.05, 4.69) is 10.2 Å². The third kappa shape index (κ3) is 4.94. The van der Waals surface area contributed by atoms with Gasteiger partial charge in [-0.3, -0.25) is 4.79 Å². The fraction of sp³-hybridized carbons (Fsp3) is 0.562. The molecule has 0 spiro atoms. The van der Waals surface area contributed by atoms with E-state index >= 15 is 0 Å². The minimum atomic E-state index is -4.53. The highest BCUT2D eigenvalue weighted by atomic mass is 19.4. The molecule has 1 heterocycles. The highest BCUT2D eigenvalue weighted by Crippen LogP contribution is 2.31. The van der Waals surface area contributed by atoms with Gasteiger partial charge in [0, 0.05) is 26.7 Å². The summed E-state index contributed by atoms with van der Waals surface area (Å²) in [4.78, 5) is 14.3. The molecule has 4 nitrogen and oxygen atoms in total.